The number of rotatable bonds is 3. The summed E-state index contributed by atoms with van der Waals surface area (Å²) in [5.74, 6) is -0.0549. The predicted molar refractivity (Wildman–Crippen MR) is 105 cm³/mol. The van der Waals surface area contributed by atoms with E-state index in [0.29, 0.717) is 22.7 Å². The monoisotopic (exact) mass is 379 g/mol. The number of anilines is 1. The average Bonchev–Trinajstić information content (AvgIpc) is 3.06. The van der Waals surface area contributed by atoms with Gasteiger partial charge < -0.3 is 5.32 Å². The zero-order valence-corrected chi connectivity index (χ0v) is 16.2. The predicted octanol–water partition coefficient (Wildman–Crippen LogP) is 3.24. The molecule has 6 heteroatoms. The molecule has 0 saturated carbocycles. The molecule has 6 nitrogen and oxygen atoms in total. The number of fused-ring (bicyclic) bond motifs is 1. The Morgan fingerprint density at radius 2 is 2.04 bits per heavy atom. The van der Waals surface area contributed by atoms with Gasteiger partial charge in [-0.15, -0.1) is 0 Å². The number of pyridine rings is 1. The summed E-state index contributed by atoms with van der Waals surface area (Å²) in [5.41, 5.74) is 3.59. The Bertz CT molecular complexity index is 923. The number of carbonyl (C=O) groups excluding carboxylic acids is 2. The number of aryl methyl sites for hydroxylation is 1. The molecular formula is C22H25N3O3. The number of hydrogen-bond donors (Lipinski definition) is 2. The van der Waals surface area contributed by atoms with Gasteiger partial charge in [-0.2, -0.15) is 5.06 Å². The number of nitrogens with one attached hydrogen (secondary N) is 1. The van der Waals surface area contributed by atoms with Crippen molar-refractivity contribution in [3.63, 3.8) is 0 Å². The maximum atomic E-state index is 12.7. The molecule has 2 N–H and O–H groups in total. The molecule has 0 bridgehead atoms. The standard InChI is InChI=1S/C22H25N3O3/c1-14(2)19-6-5-18(13-24-19)25(28)20(26)16-3-4-17-12-22(8-7-15(17)11-16)9-10-23-21(22)27/h3-6,11,13-14,28H,7-10,12H2,1-2H3,(H,23,27)/t22-/m1/s1. The molecule has 2 aliphatic rings. The second-order valence-corrected chi connectivity index (χ2v) is 8.16. The van der Waals surface area contributed by atoms with E-state index in [9.17, 15) is 14.8 Å². The third-order valence-corrected chi connectivity index (χ3v) is 6.02. The Labute approximate surface area is 164 Å². The van der Waals surface area contributed by atoms with Gasteiger partial charge in [0.25, 0.3) is 5.91 Å². The van der Waals surface area contributed by atoms with E-state index in [2.05, 4.69) is 10.3 Å². The van der Waals surface area contributed by atoms with E-state index in [4.69, 9.17) is 0 Å². The van der Waals surface area contributed by atoms with Crippen LogP contribution in [-0.2, 0) is 17.6 Å². The van der Waals surface area contributed by atoms with Crippen molar-refractivity contribution in [2.45, 2.75) is 45.4 Å². The third-order valence-electron chi connectivity index (χ3n) is 6.02. The molecule has 1 saturated heterocycles. The van der Waals surface area contributed by atoms with Crippen molar-refractivity contribution >= 4 is 17.5 Å². The van der Waals surface area contributed by atoms with E-state index in [1.807, 2.05) is 32.0 Å². The van der Waals surface area contributed by atoms with E-state index in [-0.39, 0.29) is 17.2 Å². The van der Waals surface area contributed by atoms with E-state index >= 15 is 0 Å². The van der Waals surface area contributed by atoms with Crippen molar-refractivity contribution < 1.29 is 14.8 Å². The van der Waals surface area contributed by atoms with Crippen LogP contribution in [0.25, 0.3) is 0 Å². The van der Waals surface area contributed by atoms with Gasteiger partial charge in [0.05, 0.1) is 17.3 Å². The van der Waals surface area contributed by atoms with E-state index in [1.54, 1.807) is 12.1 Å². The summed E-state index contributed by atoms with van der Waals surface area (Å²) in [6, 6.07) is 9.00. The minimum Gasteiger partial charge on any atom is -0.356 e. The molecule has 0 radical (unpaired) electrons. The summed E-state index contributed by atoms with van der Waals surface area (Å²) in [5, 5.41) is 14.0. The summed E-state index contributed by atoms with van der Waals surface area (Å²) < 4.78 is 0. The molecule has 1 aliphatic heterocycles. The lowest BCUT2D eigenvalue weighted by Gasteiger charge is -2.32. The molecule has 1 fully saturated rings. The summed E-state index contributed by atoms with van der Waals surface area (Å²) in [6.45, 7) is 4.82. The Hall–Kier alpha value is -2.73. The SMILES string of the molecule is CC(C)c1ccc(N(O)C(=O)c2ccc3c(c2)CC[C@@]2(CCNC2=O)C3)cn1. The van der Waals surface area contributed by atoms with Crippen LogP contribution in [0.1, 0.15) is 59.8 Å². The van der Waals surface area contributed by atoms with Crippen molar-refractivity contribution in [3.05, 3.63) is 58.9 Å². The minimum atomic E-state index is -0.485. The minimum absolute atomic E-state index is 0.150. The average molecular weight is 379 g/mol. The number of benzene rings is 1. The molecular weight excluding hydrogens is 354 g/mol. The smallest absolute Gasteiger partial charge is 0.282 e. The molecule has 1 aromatic carbocycles. The van der Waals surface area contributed by atoms with Gasteiger partial charge >= 0.3 is 0 Å². The number of nitrogens with zero attached hydrogens (tertiary/aromatic N) is 2. The fourth-order valence-electron chi connectivity index (χ4n) is 4.22. The van der Waals surface area contributed by atoms with Gasteiger partial charge in [-0.05, 0) is 67.0 Å². The van der Waals surface area contributed by atoms with Crippen molar-refractivity contribution in [3.8, 4) is 0 Å². The topological polar surface area (TPSA) is 82.5 Å². The largest absolute Gasteiger partial charge is 0.356 e. The van der Waals surface area contributed by atoms with Gasteiger partial charge in [-0.25, -0.2) is 0 Å². The van der Waals surface area contributed by atoms with Gasteiger partial charge in [-0.3, -0.25) is 19.8 Å². The normalized spacial score (nSPS) is 20.9. The van der Waals surface area contributed by atoms with Crippen LogP contribution in [-0.4, -0.2) is 28.6 Å². The summed E-state index contributed by atoms with van der Waals surface area (Å²) in [4.78, 5) is 29.3. The molecule has 0 unspecified atom stereocenters. The Balaban J connectivity index is 1.54. The first-order valence-electron chi connectivity index (χ1n) is 9.79. The quantitative estimate of drug-likeness (QED) is 0.634. The van der Waals surface area contributed by atoms with Crippen molar-refractivity contribution in [1.29, 1.82) is 0 Å². The van der Waals surface area contributed by atoms with Crippen LogP contribution in [0, 0.1) is 5.41 Å². The van der Waals surface area contributed by atoms with Gasteiger partial charge in [0.15, 0.2) is 0 Å². The van der Waals surface area contributed by atoms with Crippen LogP contribution in [0.3, 0.4) is 0 Å². The van der Waals surface area contributed by atoms with Crippen LogP contribution in [0.2, 0.25) is 0 Å². The molecule has 4 rings (SSSR count). The Kier molecular flexibility index (Phi) is 4.67. The van der Waals surface area contributed by atoms with Crippen molar-refractivity contribution in [2.75, 3.05) is 11.6 Å². The van der Waals surface area contributed by atoms with Gasteiger partial charge in [0.2, 0.25) is 5.91 Å². The van der Waals surface area contributed by atoms with Crippen LogP contribution in [0.5, 0.6) is 0 Å². The zero-order chi connectivity index (χ0) is 19.9. The molecule has 146 valence electrons. The first-order valence-corrected chi connectivity index (χ1v) is 9.79. The van der Waals surface area contributed by atoms with Crippen LogP contribution in [0.15, 0.2) is 36.5 Å². The lowest BCUT2D eigenvalue weighted by molar-refractivity contribution is -0.128. The number of amides is 2. The third kappa shape index (κ3) is 3.18. The number of aromatic nitrogens is 1. The zero-order valence-electron chi connectivity index (χ0n) is 16.2. The second-order valence-electron chi connectivity index (χ2n) is 8.16. The van der Waals surface area contributed by atoms with Crippen LogP contribution in [0.4, 0.5) is 5.69 Å². The van der Waals surface area contributed by atoms with Gasteiger partial charge in [0, 0.05) is 17.8 Å². The molecule has 28 heavy (non-hydrogen) atoms. The van der Waals surface area contributed by atoms with Crippen molar-refractivity contribution in [1.82, 2.24) is 10.3 Å². The first-order chi connectivity index (χ1) is 13.4. The van der Waals surface area contributed by atoms with E-state index < -0.39 is 5.91 Å². The van der Waals surface area contributed by atoms with E-state index in [0.717, 1.165) is 42.6 Å². The highest BCUT2D eigenvalue weighted by atomic mass is 16.5. The highest BCUT2D eigenvalue weighted by Gasteiger charge is 2.44. The van der Waals surface area contributed by atoms with Gasteiger partial charge in [-0.1, -0.05) is 19.9 Å². The van der Waals surface area contributed by atoms with E-state index in [1.165, 1.54) is 6.20 Å². The highest BCUT2D eigenvalue weighted by molar-refractivity contribution is 6.04. The molecule has 2 amide bonds. The number of hydrogen-bond acceptors (Lipinski definition) is 4. The Morgan fingerprint density at radius 1 is 1.21 bits per heavy atom. The molecule has 1 atom stereocenters. The summed E-state index contributed by atoms with van der Waals surface area (Å²) >= 11 is 0. The molecule has 1 aliphatic carbocycles. The van der Waals surface area contributed by atoms with Crippen LogP contribution < -0.4 is 10.4 Å². The molecule has 1 aromatic heterocycles. The summed E-state index contributed by atoms with van der Waals surface area (Å²) in [6.07, 6.45) is 4.66. The van der Waals surface area contributed by atoms with Crippen molar-refractivity contribution in [2.24, 2.45) is 5.41 Å². The first kappa shape index (κ1) is 18.6. The maximum absolute atomic E-state index is 12.7. The molecule has 1 spiro atoms. The summed E-state index contributed by atoms with van der Waals surface area (Å²) in [7, 11) is 0. The fraction of sp³-hybridized carbons (Fsp3) is 0.409. The lowest BCUT2D eigenvalue weighted by atomic mass is 9.70. The molecule has 2 aromatic rings. The highest BCUT2D eigenvalue weighted by Crippen LogP contribution is 2.41. The lowest BCUT2D eigenvalue weighted by Crippen LogP contribution is -2.36. The second kappa shape index (κ2) is 7.02. The maximum Gasteiger partial charge on any atom is 0.282 e. The van der Waals surface area contributed by atoms with Crippen LogP contribution >= 0.6 is 0 Å². The number of carbonyl (C=O) groups is 2. The Morgan fingerprint density at radius 3 is 2.68 bits per heavy atom. The molecule has 2 heterocycles. The fourth-order valence-corrected chi connectivity index (χ4v) is 4.22. The number of hydroxylamine groups is 1. The van der Waals surface area contributed by atoms with Gasteiger partial charge in [0.1, 0.15) is 0 Å².